The summed E-state index contributed by atoms with van der Waals surface area (Å²) < 4.78 is 38.0. The zero-order chi connectivity index (χ0) is 20.9. The molecule has 0 bridgehead atoms. The van der Waals surface area contributed by atoms with E-state index in [1.54, 1.807) is 19.2 Å². The van der Waals surface area contributed by atoms with Crippen molar-refractivity contribution in [3.05, 3.63) is 65.0 Å². The maximum atomic E-state index is 12.7. The number of nitrogens with one attached hydrogen (secondary N) is 2. The van der Waals surface area contributed by atoms with Crippen LogP contribution < -0.4 is 10.6 Å². The summed E-state index contributed by atoms with van der Waals surface area (Å²) in [7, 11) is 1.73. The van der Waals surface area contributed by atoms with Gasteiger partial charge in [-0.2, -0.15) is 13.2 Å². The van der Waals surface area contributed by atoms with Crippen molar-refractivity contribution in [1.82, 2.24) is 20.5 Å². The van der Waals surface area contributed by atoms with Crippen molar-refractivity contribution in [2.75, 3.05) is 20.1 Å². The summed E-state index contributed by atoms with van der Waals surface area (Å²) in [5.41, 5.74) is 2.19. The van der Waals surface area contributed by atoms with Gasteiger partial charge in [0.25, 0.3) is 0 Å². The van der Waals surface area contributed by atoms with Crippen LogP contribution in [0.4, 0.5) is 13.2 Å². The van der Waals surface area contributed by atoms with Gasteiger partial charge in [-0.05, 0) is 43.2 Å². The SMILES string of the molecule is CN=C(NCc1cccc(C)n1)NC1CCN(Cc2ccc(C(F)(F)F)cc2)C1. The second-order valence-electron chi connectivity index (χ2n) is 7.26. The number of hydrogen-bond donors (Lipinski definition) is 2. The Kier molecular flexibility index (Phi) is 6.74. The number of benzene rings is 1. The van der Waals surface area contributed by atoms with Crippen LogP contribution >= 0.6 is 0 Å². The average molecular weight is 405 g/mol. The molecule has 0 saturated carbocycles. The molecule has 0 aliphatic carbocycles. The Bertz CT molecular complexity index is 833. The molecule has 3 rings (SSSR count). The summed E-state index contributed by atoms with van der Waals surface area (Å²) in [6, 6.07) is 11.5. The lowest BCUT2D eigenvalue weighted by Crippen LogP contribution is -2.44. The van der Waals surface area contributed by atoms with Crippen molar-refractivity contribution in [1.29, 1.82) is 0 Å². The van der Waals surface area contributed by atoms with E-state index in [0.29, 0.717) is 13.1 Å². The molecule has 1 aromatic carbocycles. The van der Waals surface area contributed by atoms with E-state index in [4.69, 9.17) is 0 Å². The van der Waals surface area contributed by atoms with Gasteiger partial charge in [-0.15, -0.1) is 0 Å². The Hall–Kier alpha value is -2.61. The van der Waals surface area contributed by atoms with Crippen LogP contribution in [0.25, 0.3) is 0 Å². The van der Waals surface area contributed by atoms with Crippen LogP contribution in [-0.2, 0) is 19.3 Å². The van der Waals surface area contributed by atoms with Gasteiger partial charge in [0.1, 0.15) is 0 Å². The first-order chi connectivity index (χ1) is 13.8. The largest absolute Gasteiger partial charge is 0.416 e. The van der Waals surface area contributed by atoms with Gasteiger partial charge in [-0.1, -0.05) is 18.2 Å². The molecule has 1 aliphatic rings. The molecule has 0 spiro atoms. The van der Waals surface area contributed by atoms with Crippen molar-refractivity contribution >= 4 is 5.96 Å². The van der Waals surface area contributed by atoms with Crippen molar-refractivity contribution < 1.29 is 13.2 Å². The van der Waals surface area contributed by atoms with E-state index in [1.165, 1.54) is 0 Å². The quantitative estimate of drug-likeness (QED) is 0.592. The van der Waals surface area contributed by atoms with Gasteiger partial charge in [-0.3, -0.25) is 14.9 Å². The molecule has 1 fully saturated rings. The Morgan fingerprint density at radius 2 is 1.97 bits per heavy atom. The lowest BCUT2D eigenvalue weighted by atomic mass is 10.1. The number of aryl methyl sites for hydroxylation is 1. The van der Waals surface area contributed by atoms with E-state index in [2.05, 4.69) is 25.5 Å². The van der Waals surface area contributed by atoms with Gasteiger partial charge in [0, 0.05) is 38.4 Å². The Morgan fingerprint density at radius 1 is 1.21 bits per heavy atom. The third kappa shape index (κ3) is 6.19. The van der Waals surface area contributed by atoms with Crippen LogP contribution in [-0.4, -0.2) is 42.0 Å². The molecule has 0 amide bonds. The minimum Gasteiger partial charge on any atom is -0.352 e. The molecule has 1 aromatic heterocycles. The monoisotopic (exact) mass is 405 g/mol. The zero-order valence-electron chi connectivity index (χ0n) is 16.6. The summed E-state index contributed by atoms with van der Waals surface area (Å²) >= 11 is 0. The highest BCUT2D eigenvalue weighted by Gasteiger charge is 2.30. The van der Waals surface area contributed by atoms with Crippen LogP contribution in [0.15, 0.2) is 47.5 Å². The number of nitrogens with zero attached hydrogens (tertiary/aromatic N) is 3. The number of halogens is 3. The van der Waals surface area contributed by atoms with Crippen molar-refractivity contribution in [3.63, 3.8) is 0 Å². The molecule has 1 atom stereocenters. The summed E-state index contributed by atoms with van der Waals surface area (Å²) in [6.07, 6.45) is -3.35. The maximum Gasteiger partial charge on any atom is 0.416 e. The van der Waals surface area contributed by atoms with Crippen LogP contribution in [0, 0.1) is 6.92 Å². The van der Waals surface area contributed by atoms with Gasteiger partial charge in [0.15, 0.2) is 5.96 Å². The van der Waals surface area contributed by atoms with E-state index >= 15 is 0 Å². The molecule has 1 saturated heterocycles. The molecule has 8 heteroatoms. The lowest BCUT2D eigenvalue weighted by molar-refractivity contribution is -0.137. The molecule has 1 aliphatic heterocycles. The van der Waals surface area contributed by atoms with Gasteiger partial charge in [0.05, 0.1) is 17.8 Å². The second-order valence-corrected chi connectivity index (χ2v) is 7.26. The van der Waals surface area contributed by atoms with E-state index in [0.717, 1.165) is 54.6 Å². The summed E-state index contributed by atoms with van der Waals surface area (Å²) in [6.45, 7) is 4.87. The fourth-order valence-electron chi connectivity index (χ4n) is 3.41. The number of likely N-dealkylation sites (tertiary alicyclic amines) is 1. The minimum atomic E-state index is -4.29. The van der Waals surface area contributed by atoms with Crippen LogP contribution in [0.2, 0.25) is 0 Å². The van der Waals surface area contributed by atoms with E-state index in [9.17, 15) is 13.2 Å². The molecule has 29 heavy (non-hydrogen) atoms. The fourth-order valence-corrected chi connectivity index (χ4v) is 3.41. The van der Waals surface area contributed by atoms with E-state index in [1.807, 2.05) is 25.1 Å². The standard InChI is InChI=1S/C21H26F3N5/c1-15-4-3-5-18(27-15)12-26-20(25-2)28-19-10-11-29(14-19)13-16-6-8-17(9-7-16)21(22,23)24/h3-9,19H,10-14H2,1-2H3,(H2,25,26,28). The zero-order valence-corrected chi connectivity index (χ0v) is 16.6. The minimum absolute atomic E-state index is 0.237. The molecule has 156 valence electrons. The van der Waals surface area contributed by atoms with Crippen LogP contribution in [0.5, 0.6) is 0 Å². The van der Waals surface area contributed by atoms with E-state index < -0.39 is 11.7 Å². The van der Waals surface area contributed by atoms with Gasteiger partial charge >= 0.3 is 6.18 Å². The number of alkyl halides is 3. The molecular formula is C21H26F3N5. The van der Waals surface area contributed by atoms with Gasteiger partial charge < -0.3 is 10.6 Å². The Labute approximate surface area is 169 Å². The molecule has 5 nitrogen and oxygen atoms in total. The predicted molar refractivity (Wildman–Crippen MR) is 107 cm³/mol. The Morgan fingerprint density at radius 3 is 2.62 bits per heavy atom. The number of guanidine groups is 1. The number of aromatic nitrogens is 1. The average Bonchev–Trinajstić information content (AvgIpc) is 3.11. The highest BCUT2D eigenvalue weighted by molar-refractivity contribution is 5.79. The van der Waals surface area contributed by atoms with E-state index in [-0.39, 0.29) is 6.04 Å². The van der Waals surface area contributed by atoms with Gasteiger partial charge in [0.2, 0.25) is 0 Å². The highest BCUT2D eigenvalue weighted by Crippen LogP contribution is 2.29. The first-order valence-corrected chi connectivity index (χ1v) is 9.61. The lowest BCUT2D eigenvalue weighted by Gasteiger charge is -2.19. The molecule has 2 heterocycles. The third-order valence-corrected chi connectivity index (χ3v) is 4.91. The van der Waals surface area contributed by atoms with Gasteiger partial charge in [-0.25, -0.2) is 0 Å². The number of aliphatic imine (C=N–C) groups is 1. The Balaban J connectivity index is 1.47. The summed E-state index contributed by atoms with van der Waals surface area (Å²) in [4.78, 5) is 11.0. The van der Waals surface area contributed by atoms with Crippen LogP contribution in [0.1, 0.15) is 28.9 Å². The normalized spacial score (nSPS) is 18.1. The maximum absolute atomic E-state index is 12.7. The topological polar surface area (TPSA) is 52.6 Å². The third-order valence-electron chi connectivity index (χ3n) is 4.91. The first-order valence-electron chi connectivity index (χ1n) is 9.61. The van der Waals surface area contributed by atoms with Crippen molar-refractivity contribution in [2.24, 2.45) is 4.99 Å². The number of rotatable bonds is 5. The smallest absolute Gasteiger partial charge is 0.352 e. The predicted octanol–water partition coefficient (Wildman–Crippen LogP) is 3.35. The van der Waals surface area contributed by atoms with Crippen LogP contribution in [0.3, 0.4) is 0 Å². The highest BCUT2D eigenvalue weighted by atomic mass is 19.4. The molecule has 2 aromatic rings. The molecule has 0 radical (unpaired) electrons. The molecule has 1 unspecified atom stereocenters. The first kappa shape index (κ1) is 21.1. The molecular weight excluding hydrogens is 379 g/mol. The van der Waals surface area contributed by atoms with Crippen molar-refractivity contribution in [2.45, 2.75) is 38.7 Å². The summed E-state index contributed by atoms with van der Waals surface area (Å²) in [5.74, 6) is 0.717. The summed E-state index contributed by atoms with van der Waals surface area (Å²) in [5, 5.41) is 6.69. The fraction of sp³-hybridized carbons (Fsp3) is 0.429. The number of hydrogen-bond acceptors (Lipinski definition) is 3. The number of pyridine rings is 1. The van der Waals surface area contributed by atoms with Crippen molar-refractivity contribution in [3.8, 4) is 0 Å². The second kappa shape index (κ2) is 9.26. The molecule has 2 N–H and O–H groups in total.